The fourth-order valence-electron chi connectivity index (χ4n) is 0.663. The fourth-order valence-corrected chi connectivity index (χ4v) is 0.663. The van der Waals surface area contributed by atoms with Gasteiger partial charge in [0.05, 0.1) is 0 Å². The number of rotatable bonds is 0. The standard InChI is InChI=1S/C8H10.C2H6.2C2H4/c1-7-5-3-4-6-8(7)2;3*1-2/h3-6H,1-2H3;1-2H3;2*1-2H2. The molecule has 0 heteroatoms. The number of aryl methyl sites for hydroxylation is 2. The first kappa shape index (κ1) is 18.5. The maximum Gasteiger partial charge on any atom is -0.0395 e. The molecule has 1 aromatic carbocycles. The van der Waals surface area contributed by atoms with E-state index in [9.17, 15) is 0 Å². The Morgan fingerprint density at radius 1 is 0.714 bits per heavy atom. The van der Waals surface area contributed by atoms with Crippen LogP contribution in [0.2, 0.25) is 0 Å². The molecule has 0 aliphatic carbocycles. The SMILES string of the molecule is C=C.C=C.CC.Cc1ccccc1C. The van der Waals surface area contributed by atoms with Crippen molar-refractivity contribution in [3.8, 4) is 0 Å². The maximum absolute atomic E-state index is 3.00. The summed E-state index contributed by atoms with van der Waals surface area (Å²) in [5.41, 5.74) is 2.74. The fraction of sp³-hybridized carbons (Fsp3) is 0.286. The molecule has 0 heterocycles. The molecule has 0 N–H and O–H groups in total. The second-order valence-electron chi connectivity index (χ2n) is 2.08. The molecule has 0 bridgehead atoms. The van der Waals surface area contributed by atoms with E-state index in [0.717, 1.165) is 0 Å². The van der Waals surface area contributed by atoms with Gasteiger partial charge in [0, 0.05) is 0 Å². The van der Waals surface area contributed by atoms with E-state index in [1.165, 1.54) is 11.1 Å². The van der Waals surface area contributed by atoms with Crippen molar-refractivity contribution in [3.05, 3.63) is 61.7 Å². The van der Waals surface area contributed by atoms with Crippen LogP contribution in [0.25, 0.3) is 0 Å². The van der Waals surface area contributed by atoms with Crippen LogP contribution in [0.3, 0.4) is 0 Å². The van der Waals surface area contributed by atoms with E-state index in [1.807, 2.05) is 13.8 Å². The highest BCUT2D eigenvalue weighted by Gasteiger charge is 1.83. The lowest BCUT2D eigenvalue weighted by atomic mass is 10.1. The van der Waals surface area contributed by atoms with E-state index >= 15 is 0 Å². The second kappa shape index (κ2) is 17.7. The van der Waals surface area contributed by atoms with Crippen molar-refractivity contribution in [2.24, 2.45) is 0 Å². The van der Waals surface area contributed by atoms with Crippen molar-refractivity contribution in [2.75, 3.05) is 0 Å². The Morgan fingerprint density at radius 2 is 0.929 bits per heavy atom. The largest absolute Gasteiger partial charge is 0.106 e. The van der Waals surface area contributed by atoms with E-state index < -0.39 is 0 Å². The van der Waals surface area contributed by atoms with Gasteiger partial charge in [-0.1, -0.05) is 38.1 Å². The Balaban J connectivity index is -0.000000174. The predicted octanol–water partition coefficient (Wildman–Crippen LogP) is 4.93. The third-order valence-electron chi connectivity index (χ3n) is 1.43. The minimum Gasteiger partial charge on any atom is -0.106 e. The van der Waals surface area contributed by atoms with Gasteiger partial charge >= 0.3 is 0 Å². The zero-order valence-electron chi connectivity index (χ0n) is 10.1. The van der Waals surface area contributed by atoms with Crippen LogP contribution < -0.4 is 0 Å². The quantitative estimate of drug-likeness (QED) is 0.511. The summed E-state index contributed by atoms with van der Waals surface area (Å²) in [6.45, 7) is 20.2. The van der Waals surface area contributed by atoms with Gasteiger partial charge in [0.15, 0.2) is 0 Å². The number of benzene rings is 1. The summed E-state index contributed by atoms with van der Waals surface area (Å²) in [5, 5.41) is 0. The van der Waals surface area contributed by atoms with Gasteiger partial charge in [-0.15, -0.1) is 26.3 Å². The maximum atomic E-state index is 3.00. The minimum atomic E-state index is 1.37. The molecular weight excluding hydrogens is 168 g/mol. The van der Waals surface area contributed by atoms with E-state index in [-0.39, 0.29) is 0 Å². The summed E-state index contributed by atoms with van der Waals surface area (Å²) >= 11 is 0. The van der Waals surface area contributed by atoms with Crippen molar-refractivity contribution in [3.63, 3.8) is 0 Å². The molecule has 0 saturated heterocycles. The van der Waals surface area contributed by atoms with Gasteiger partial charge in [0.25, 0.3) is 0 Å². The zero-order chi connectivity index (χ0) is 12.0. The minimum absolute atomic E-state index is 1.37. The summed E-state index contributed by atoms with van der Waals surface area (Å²) in [5.74, 6) is 0. The lowest BCUT2D eigenvalue weighted by Crippen LogP contribution is -1.74. The third-order valence-corrected chi connectivity index (χ3v) is 1.43. The van der Waals surface area contributed by atoms with Gasteiger partial charge in [-0.3, -0.25) is 0 Å². The lowest BCUT2D eigenvalue weighted by Gasteiger charge is -1.93. The Hall–Kier alpha value is -1.30. The van der Waals surface area contributed by atoms with Crippen molar-refractivity contribution >= 4 is 0 Å². The highest BCUT2D eigenvalue weighted by Crippen LogP contribution is 2.02. The van der Waals surface area contributed by atoms with Gasteiger partial charge in [0.1, 0.15) is 0 Å². The normalized spacial score (nSPS) is 6.29. The number of hydrogen-bond donors (Lipinski definition) is 0. The molecule has 0 saturated carbocycles. The first-order valence-electron chi connectivity index (χ1n) is 4.83. The Labute approximate surface area is 90.0 Å². The Bertz CT molecular complexity index is 178. The molecule has 0 radical (unpaired) electrons. The van der Waals surface area contributed by atoms with Crippen LogP contribution in [0.4, 0.5) is 0 Å². The van der Waals surface area contributed by atoms with Gasteiger partial charge in [-0.2, -0.15) is 0 Å². The van der Waals surface area contributed by atoms with Crippen LogP contribution in [0, 0.1) is 13.8 Å². The summed E-state index contributed by atoms with van der Waals surface area (Å²) in [4.78, 5) is 0. The van der Waals surface area contributed by atoms with Crippen LogP contribution in [0.15, 0.2) is 50.6 Å². The summed E-state index contributed by atoms with van der Waals surface area (Å²) in [6, 6.07) is 8.36. The molecule has 0 unspecified atom stereocenters. The van der Waals surface area contributed by atoms with Crippen molar-refractivity contribution < 1.29 is 0 Å². The monoisotopic (exact) mass is 192 g/mol. The lowest BCUT2D eigenvalue weighted by molar-refractivity contribution is 1.34. The molecular formula is C14H24. The van der Waals surface area contributed by atoms with Crippen LogP contribution in [-0.2, 0) is 0 Å². The zero-order valence-corrected chi connectivity index (χ0v) is 10.1. The molecule has 1 aromatic rings. The van der Waals surface area contributed by atoms with Crippen molar-refractivity contribution in [2.45, 2.75) is 27.7 Å². The van der Waals surface area contributed by atoms with Gasteiger partial charge in [-0.05, 0) is 25.0 Å². The first-order valence-corrected chi connectivity index (χ1v) is 4.83. The molecule has 80 valence electrons. The van der Waals surface area contributed by atoms with Crippen LogP contribution in [0.5, 0.6) is 0 Å². The molecule has 0 fully saturated rings. The van der Waals surface area contributed by atoms with Crippen LogP contribution >= 0.6 is 0 Å². The summed E-state index contributed by atoms with van der Waals surface area (Å²) in [7, 11) is 0. The van der Waals surface area contributed by atoms with Gasteiger partial charge < -0.3 is 0 Å². The first-order chi connectivity index (χ1) is 6.80. The van der Waals surface area contributed by atoms with E-state index in [2.05, 4.69) is 64.4 Å². The molecule has 1 rings (SSSR count). The molecule has 0 spiro atoms. The summed E-state index contributed by atoms with van der Waals surface area (Å²) in [6.07, 6.45) is 0. The third kappa shape index (κ3) is 10.7. The van der Waals surface area contributed by atoms with Crippen LogP contribution in [0.1, 0.15) is 25.0 Å². The molecule has 0 nitrogen and oxygen atoms in total. The predicted molar refractivity (Wildman–Crippen MR) is 69.8 cm³/mol. The molecule has 0 amide bonds. The summed E-state index contributed by atoms with van der Waals surface area (Å²) < 4.78 is 0. The molecule has 0 aliphatic heterocycles. The van der Waals surface area contributed by atoms with Gasteiger partial charge in [0.2, 0.25) is 0 Å². The molecule has 0 aromatic heterocycles. The molecule has 0 atom stereocenters. The molecule has 0 aliphatic rings. The second-order valence-corrected chi connectivity index (χ2v) is 2.08. The van der Waals surface area contributed by atoms with Crippen LogP contribution in [-0.4, -0.2) is 0 Å². The molecule has 14 heavy (non-hydrogen) atoms. The average Bonchev–Trinajstić information content (AvgIpc) is 2.31. The Morgan fingerprint density at radius 3 is 1.07 bits per heavy atom. The van der Waals surface area contributed by atoms with Gasteiger partial charge in [-0.25, -0.2) is 0 Å². The topological polar surface area (TPSA) is 0 Å². The van der Waals surface area contributed by atoms with Crippen molar-refractivity contribution in [1.29, 1.82) is 0 Å². The number of hydrogen-bond acceptors (Lipinski definition) is 0. The van der Waals surface area contributed by atoms with Crippen molar-refractivity contribution in [1.82, 2.24) is 0 Å². The highest BCUT2D eigenvalue weighted by molar-refractivity contribution is 5.23. The van der Waals surface area contributed by atoms with E-state index in [1.54, 1.807) is 0 Å². The average molecular weight is 192 g/mol. The Kier molecular flexibility index (Phi) is 23.4. The highest BCUT2D eigenvalue weighted by atomic mass is 13.9. The van der Waals surface area contributed by atoms with E-state index in [0.29, 0.717) is 0 Å². The smallest absolute Gasteiger partial charge is 0.0395 e. The van der Waals surface area contributed by atoms with E-state index in [4.69, 9.17) is 0 Å².